The Morgan fingerprint density at radius 1 is 1.10 bits per heavy atom. The molecular formula is C15H13Br2F2N. The fraction of sp³-hybridized carbons (Fsp3) is 0.200. The topological polar surface area (TPSA) is 12.0 Å². The van der Waals surface area contributed by atoms with Crippen LogP contribution in [0, 0.1) is 18.6 Å². The zero-order chi connectivity index (χ0) is 14.9. The summed E-state index contributed by atoms with van der Waals surface area (Å²) in [6, 6.07) is 7.71. The summed E-state index contributed by atoms with van der Waals surface area (Å²) in [6.07, 6.45) is 0. The highest BCUT2D eigenvalue weighted by Gasteiger charge is 2.23. The van der Waals surface area contributed by atoms with Crippen LogP contribution >= 0.6 is 31.9 Å². The number of hydrogen-bond donors (Lipinski definition) is 1. The lowest BCUT2D eigenvalue weighted by Gasteiger charge is -2.21. The number of aryl methyl sites for hydroxylation is 1. The van der Waals surface area contributed by atoms with E-state index in [1.54, 1.807) is 14.0 Å². The van der Waals surface area contributed by atoms with Gasteiger partial charge in [-0.05, 0) is 43.3 Å². The summed E-state index contributed by atoms with van der Waals surface area (Å²) in [7, 11) is 1.68. The van der Waals surface area contributed by atoms with Crippen molar-refractivity contribution in [1.82, 2.24) is 5.32 Å². The van der Waals surface area contributed by atoms with Crippen molar-refractivity contribution in [3.8, 4) is 0 Å². The zero-order valence-corrected chi connectivity index (χ0v) is 14.1. The van der Waals surface area contributed by atoms with Gasteiger partial charge in [0.25, 0.3) is 0 Å². The van der Waals surface area contributed by atoms with Crippen LogP contribution in [0.15, 0.2) is 39.3 Å². The normalized spacial score (nSPS) is 12.5. The first-order valence-corrected chi connectivity index (χ1v) is 7.61. The zero-order valence-electron chi connectivity index (χ0n) is 11.0. The summed E-state index contributed by atoms with van der Waals surface area (Å²) in [6.45, 7) is 1.63. The van der Waals surface area contributed by atoms with Crippen molar-refractivity contribution in [3.63, 3.8) is 0 Å². The quantitative estimate of drug-likeness (QED) is 0.749. The molecule has 0 saturated heterocycles. The Hall–Kier alpha value is -0.780. The summed E-state index contributed by atoms with van der Waals surface area (Å²) in [4.78, 5) is 0. The molecule has 0 spiro atoms. The second-order valence-electron chi connectivity index (χ2n) is 4.48. The molecule has 0 bridgehead atoms. The van der Waals surface area contributed by atoms with E-state index in [4.69, 9.17) is 0 Å². The molecule has 5 heteroatoms. The van der Waals surface area contributed by atoms with Crippen LogP contribution in [0.4, 0.5) is 8.78 Å². The molecule has 1 N–H and O–H groups in total. The number of hydrogen-bond acceptors (Lipinski definition) is 1. The molecule has 0 radical (unpaired) electrons. The number of nitrogens with one attached hydrogen (secondary N) is 1. The fourth-order valence-corrected chi connectivity index (χ4v) is 3.41. The summed E-state index contributed by atoms with van der Waals surface area (Å²) >= 11 is 6.80. The first-order chi connectivity index (χ1) is 9.45. The van der Waals surface area contributed by atoms with Crippen LogP contribution in [-0.4, -0.2) is 7.05 Å². The maximum absolute atomic E-state index is 14.3. The molecular weight excluding hydrogens is 392 g/mol. The Bertz CT molecular complexity index is 644. The van der Waals surface area contributed by atoms with Gasteiger partial charge in [0.2, 0.25) is 0 Å². The summed E-state index contributed by atoms with van der Waals surface area (Å²) < 4.78 is 30.0. The standard InChI is InChI=1S/C15H13Br2F2N/c1-8-3-6-12(18)13(14(8)19)15(20-2)10-5-4-9(16)7-11(10)17/h3-7,15,20H,1-2H3. The third-order valence-electron chi connectivity index (χ3n) is 3.17. The van der Waals surface area contributed by atoms with Gasteiger partial charge in [0, 0.05) is 14.5 Å². The fourth-order valence-electron chi connectivity index (χ4n) is 2.13. The van der Waals surface area contributed by atoms with Crippen LogP contribution < -0.4 is 5.32 Å². The van der Waals surface area contributed by atoms with Gasteiger partial charge in [-0.3, -0.25) is 0 Å². The molecule has 20 heavy (non-hydrogen) atoms. The van der Waals surface area contributed by atoms with E-state index < -0.39 is 17.7 Å². The Morgan fingerprint density at radius 2 is 1.80 bits per heavy atom. The van der Waals surface area contributed by atoms with E-state index in [0.717, 1.165) is 14.5 Å². The molecule has 0 aliphatic carbocycles. The summed E-state index contributed by atoms with van der Waals surface area (Å²) in [5.41, 5.74) is 1.24. The van der Waals surface area contributed by atoms with E-state index in [-0.39, 0.29) is 5.56 Å². The van der Waals surface area contributed by atoms with E-state index in [9.17, 15) is 8.78 Å². The Labute approximate surface area is 133 Å². The first-order valence-electron chi connectivity index (χ1n) is 6.02. The smallest absolute Gasteiger partial charge is 0.134 e. The van der Waals surface area contributed by atoms with Crippen molar-refractivity contribution < 1.29 is 8.78 Å². The summed E-state index contributed by atoms with van der Waals surface area (Å²) in [5.74, 6) is -1.07. The minimum atomic E-state index is -0.558. The largest absolute Gasteiger partial charge is 0.309 e. The monoisotopic (exact) mass is 403 g/mol. The molecule has 2 rings (SSSR count). The van der Waals surface area contributed by atoms with Gasteiger partial charge in [0.15, 0.2) is 0 Å². The van der Waals surface area contributed by atoms with E-state index in [0.29, 0.717) is 5.56 Å². The van der Waals surface area contributed by atoms with Gasteiger partial charge >= 0.3 is 0 Å². The van der Waals surface area contributed by atoms with E-state index in [1.165, 1.54) is 12.1 Å². The summed E-state index contributed by atoms with van der Waals surface area (Å²) in [5, 5.41) is 2.98. The van der Waals surface area contributed by atoms with Gasteiger partial charge < -0.3 is 5.32 Å². The Kier molecular flexibility index (Phi) is 4.94. The van der Waals surface area contributed by atoms with Crippen molar-refractivity contribution in [2.24, 2.45) is 0 Å². The molecule has 1 nitrogen and oxygen atoms in total. The molecule has 0 aliphatic rings. The van der Waals surface area contributed by atoms with Crippen molar-refractivity contribution in [1.29, 1.82) is 0 Å². The average Bonchev–Trinajstić information content (AvgIpc) is 2.40. The van der Waals surface area contributed by atoms with E-state index >= 15 is 0 Å². The van der Waals surface area contributed by atoms with Crippen molar-refractivity contribution in [2.75, 3.05) is 7.05 Å². The van der Waals surface area contributed by atoms with Crippen molar-refractivity contribution in [3.05, 3.63) is 67.6 Å². The van der Waals surface area contributed by atoms with Crippen LogP contribution in [0.1, 0.15) is 22.7 Å². The van der Waals surface area contributed by atoms with Crippen LogP contribution in [0.25, 0.3) is 0 Å². The highest BCUT2D eigenvalue weighted by Crippen LogP contribution is 2.33. The second kappa shape index (κ2) is 6.33. The van der Waals surface area contributed by atoms with Gasteiger partial charge in [0.1, 0.15) is 11.6 Å². The predicted octanol–water partition coefficient (Wildman–Crippen LogP) is 5.11. The van der Waals surface area contributed by atoms with E-state index in [1.807, 2.05) is 18.2 Å². The van der Waals surface area contributed by atoms with E-state index in [2.05, 4.69) is 37.2 Å². The van der Waals surface area contributed by atoms with Crippen LogP contribution in [0.5, 0.6) is 0 Å². The van der Waals surface area contributed by atoms with Gasteiger partial charge in [-0.25, -0.2) is 8.78 Å². The second-order valence-corrected chi connectivity index (χ2v) is 6.25. The molecule has 1 unspecified atom stereocenters. The lowest BCUT2D eigenvalue weighted by molar-refractivity contribution is 0.517. The van der Waals surface area contributed by atoms with Crippen LogP contribution in [0.2, 0.25) is 0 Å². The Morgan fingerprint density at radius 3 is 2.40 bits per heavy atom. The molecule has 0 aliphatic heterocycles. The molecule has 0 aromatic heterocycles. The van der Waals surface area contributed by atoms with Crippen molar-refractivity contribution in [2.45, 2.75) is 13.0 Å². The highest BCUT2D eigenvalue weighted by molar-refractivity contribution is 9.11. The number of benzene rings is 2. The molecule has 2 aromatic carbocycles. The lowest BCUT2D eigenvalue weighted by Crippen LogP contribution is -2.21. The van der Waals surface area contributed by atoms with Gasteiger partial charge in [-0.1, -0.05) is 44.0 Å². The number of rotatable bonds is 3. The third-order valence-corrected chi connectivity index (χ3v) is 4.35. The highest BCUT2D eigenvalue weighted by atomic mass is 79.9. The van der Waals surface area contributed by atoms with Crippen LogP contribution in [0.3, 0.4) is 0 Å². The molecule has 0 amide bonds. The molecule has 0 heterocycles. The molecule has 1 atom stereocenters. The van der Waals surface area contributed by atoms with Gasteiger partial charge in [0.05, 0.1) is 6.04 Å². The van der Waals surface area contributed by atoms with Gasteiger partial charge in [-0.15, -0.1) is 0 Å². The molecule has 2 aromatic rings. The number of halogens is 4. The predicted molar refractivity (Wildman–Crippen MR) is 83.8 cm³/mol. The average molecular weight is 405 g/mol. The first kappa shape index (κ1) is 15.6. The lowest BCUT2D eigenvalue weighted by atomic mass is 9.96. The van der Waals surface area contributed by atoms with Crippen LogP contribution in [-0.2, 0) is 0 Å². The van der Waals surface area contributed by atoms with Gasteiger partial charge in [-0.2, -0.15) is 0 Å². The SMILES string of the molecule is CNC(c1ccc(Br)cc1Br)c1c(F)ccc(C)c1F. The molecule has 106 valence electrons. The van der Waals surface area contributed by atoms with Crippen molar-refractivity contribution >= 4 is 31.9 Å². The molecule has 0 fully saturated rings. The Balaban J connectivity index is 2.61. The maximum Gasteiger partial charge on any atom is 0.134 e. The third kappa shape index (κ3) is 2.95. The molecule has 0 saturated carbocycles. The minimum absolute atomic E-state index is 0.0375. The maximum atomic E-state index is 14.3. The minimum Gasteiger partial charge on any atom is -0.309 e.